The zero-order valence-electron chi connectivity index (χ0n) is 8.90. The lowest BCUT2D eigenvalue weighted by atomic mass is 10.1. The number of carbonyl (C=O) groups excluding carboxylic acids is 1. The van der Waals surface area contributed by atoms with Crippen LogP contribution < -0.4 is 11.1 Å². The van der Waals surface area contributed by atoms with Crippen molar-refractivity contribution in [3.8, 4) is 0 Å². The average Bonchev–Trinajstić information content (AvgIpc) is 2.64. The molecule has 0 saturated carbocycles. The van der Waals surface area contributed by atoms with Gasteiger partial charge in [-0.25, -0.2) is 4.98 Å². The van der Waals surface area contributed by atoms with Crippen LogP contribution in [0.15, 0.2) is 9.98 Å². The predicted octanol–water partition coefficient (Wildman–Crippen LogP) is 1.60. The summed E-state index contributed by atoms with van der Waals surface area (Å²) >= 11 is 4.62. The lowest BCUT2D eigenvalue weighted by Gasteiger charge is -2.09. The number of thiazole rings is 1. The minimum atomic E-state index is -0.516. The van der Waals surface area contributed by atoms with Crippen LogP contribution in [-0.2, 0) is 9.53 Å². The fourth-order valence-corrected chi connectivity index (χ4v) is 2.20. The summed E-state index contributed by atoms with van der Waals surface area (Å²) in [5.74, 6) is -0.210. The van der Waals surface area contributed by atoms with Gasteiger partial charge in [-0.2, -0.15) is 0 Å². The monoisotopic (exact) mass is 307 g/mol. The maximum absolute atomic E-state index is 11.6. The van der Waals surface area contributed by atoms with Gasteiger partial charge in [-0.1, -0.05) is 11.3 Å². The molecule has 1 aromatic heterocycles. The van der Waals surface area contributed by atoms with Crippen LogP contribution >= 0.6 is 27.3 Å². The number of methoxy groups -OCH3 is 1. The molecule has 0 aromatic carbocycles. The smallest absolute Gasteiger partial charge is 0.243 e. The third-order valence-corrected chi connectivity index (χ3v) is 3.30. The molecule has 0 radical (unpaired) electrons. The van der Waals surface area contributed by atoms with Crippen LogP contribution in [0.3, 0.4) is 0 Å². The van der Waals surface area contributed by atoms with Crippen molar-refractivity contribution in [3.63, 3.8) is 0 Å². The standard InChI is InChI=1S/C9H14BrN3O2S/c1-15-4-2-3-6(11)8(14)13-9-12-5-7(10)16-9/h5-6H,2-4,11H2,1H3,(H,12,13,14). The Morgan fingerprint density at radius 2 is 2.56 bits per heavy atom. The van der Waals surface area contributed by atoms with Gasteiger partial charge < -0.3 is 15.8 Å². The molecule has 0 aliphatic carbocycles. The van der Waals surface area contributed by atoms with Crippen molar-refractivity contribution in [1.82, 2.24) is 4.98 Å². The van der Waals surface area contributed by atoms with E-state index in [-0.39, 0.29) is 5.91 Å². The summed E-state index contributed by atoms with van der Waals surface area (Å²) in [5, 5.41) is 3.22. The Bertz CT molecular complexity index is 345. The molecule has 1 heterocycles. The molecule has 1 atom stereocenters. The maximum Gasteiger partial charge on any atom is 0.243 e. The van der Waals surface area contributed by atoms with E-state index in [4.69, 9.17) is 10.5 Å². The molecular weight excluding hydrogens is 294 g/mol. The number of carbonyl (C=O) groups is 1. The van der Waals surface area contributed by atoms with Crippen molar-refractivity contribution in [3.05, 3.63) is 9.98 Å². The van der Waals surface area contributed by atoms with Crippen molar-refractivity contribution in [2.45, 2.75) is 18.9 Å². The van der Waals surface area contributed by atoms with Gasteiger partial charge in [0.25, 0.3) is 0 Å². The molecule has 0 aliphatic heterocycles. The normalized spacial score (nSPS) is 12.4. The van der Waals surface area contributed by atoms with E-state index in [1.54, 1.807) is 13.3 Å². The number of halogens is 1. The number of rotatable bonds is 6. The third kappa shape index (κ3) is 4.56. The topological polar surface area (TPSA) is 77.2 Å². The first-order valence-corrected chi connectivity index (χ1v) is 6.41. The highest BCUT2D eigenvalue weighted by Crippen LogP contribution is 2.23. The van der Waals surface area contributed by atoms with Crippen molar-refractivity contribution < 1.29 is 9.53 Å². The summed E-state index contributed by atoms with van der Waals surface area (Å²) in [7, 11) is 1.62. The summed E-state index contributed by atoms with van der Waals surface area (Å²) in [6.45, 7) is 0.615. The van der Waals surface area contributed by atoms with E-state index in [2.05, 4.69) is 26.2 Å². The molecule has 3 N–H and O–H groups in total. The van der Waals surface area contributed by atoms with Crippen LogP contribution in [0.5, 0.6) is 0 Å². The second-order valence-corrected chi connectivity index (χ2v) is 5.61. The number of nitrogens with one attached hydrogen (secondary N) is 1. The van der Waals surface area contributed by atoms with Gasteiger partial charge in [0.1, 0.15) is 0 Å². The largest absolute Gasteiger partial charge is 0.385 e. The van der Waals surface area contributed by atoms with Gasteiger partial charge in [-0.3, -0.25) is 4.79 Å². The first-order valence-electron chi connectivity index (χ1n) is 4.80. The fourth-order valence-electron chi connectivity index (χ4n) is 1.09. The third-order valence-electron chi connectivity index (χ3n) is 1.91. The van der Waals surface area contributed by atoms with Crippen molar-refractivity contribution in [1.29, 1.82) is 0 Å². The summed E-state index contributed by atoms with van der Waals surface area (Å²) in [6, 6.07) is -0.516. The molecular formula is C9H14BrN3O2S. The number of amides is 1. The van der Waals surface area contributed by atoms with Gasteiger partial charge in [-0.15, -0.1) is 0 Å². The van der Waals surface area contributed by atoms with Gasteiger partial charge >= 0.3 is 0 Å². The number of nitrogens with zero attached hydrogens (tertiary/aromatic N) is 1. The van der Waals surface area contributed by atoms with Crippen molar-refractivity contribution in [2.24, 2.45) is 5.73 Å². The summed E-state index contributed by atoms with van der Waals surface area (Å²) in [6.07, 6.45) is 3.01. The van der Waals surface area contributed by atoms with Gasteiger partial charge in [-0.05, 0) is 28.8 Å². The molecule has 1 aromatic rings. The highest BCUT2D eigenvalue weighted by atomic mass is 79.9. The maximum atomic E-state index is 11.6. The zero-order valence-corrected chi connectivity index (χ0v) is 11.3. The van der Waals surface area contributed by atoms with E-state index in [9.17, 15) is 4.79 Å². The molecule has 0 saturated heterocycles. The molecule has 0 spiro atoms. The van der Waals surface area contributed by atoms with Gasteiger partial charge in [0.15, 0.2) is 5.13 Å². The van der Waals surface area contributed by atoms with Crippen LogP contribution in [0.25, 0.3) is 0 Å². The quantitative estimate of drug-likeness (QED) is 0.783. The molecule has 0 fully saturated rings. The van der Waals surface area contributed by atoms with Crippen LogP contribution in [-0.4, -0.2) is 30.6 Å². The number of aromatic nitrogens is 1. The zero-order chi connectivity index (χ0) is 12.0. The Labute approximate surface area is 107 Å². The van der Waals surface area contributed by atoms with E-state index in [0.29, 0.717) is 18.2 Å². The number of ether oxygens (including phenoxy) is 1. The molecule has 0 aliphatic rings. The Kier molecular flexibility index (Phi) is 5.89. The van der Waals surface area contributed by atoms with Crippen molar-refractivity contribution >= 4 is 38.3 Å². The molecule has 90 valence electrons. The molecule has 0 bridgehead atoms. The van der Waals surface area contributed by atoms with E-state index < -0.39 is 6.04 Å². The van der Waals surface area contributed by atoms with Crippen LogP contribution in [0.2, 0.25) is 0 Å². The lowest BCUT2D eigenvalue weighted by Crippen LogP contribution is -2.35. The first kappa shape index (κ1) is 13.6. The summed E-state index contributed by atoms with van der Waals surface area (Å²) in [5.41, 5.74) is 5.71. The average molecular weight is 308 g/mol. The summed E-state index contributed by atoms with van der Waals surface area (Å²) in [4.78, 5) is 15.6. The van der Waals surface area contributed by atoms with Crippen LogP contribution in [0.4, 0.5) is 5.13 Å². The van der Waals surface area contributed by atoms with Gasteiger partial charge in [0.05, 0.1) is 16.0 Å². The molecule has 7 heteroatoms. The highest BCUT2D eigenvalue weighted by molar-refractivity contribution is 9.11. The lowest BCUT2D eigenvalue weighted by molar-refractivity contribution is -0.117. The number of nitrogens with two attached hydrogens (primary N) is 1. The van der Waals surface area contributed by atoms with Crippen molar-refractivity contribution in [2.75, 3.05) is 19.0 Å². The Balaban J connectivity index is 2.34. The van der Waals surface area contributed by atoms with E-state index >= 15 is 0 Å². The highest BCUT2D eigenvalue weighted by Gasteiger charge is 2.14. The number of hydrogen-bond acceptors (Lipinski definition) is 5. The van der Waals surface area contributed by atoms with Gasteiger partial charge in [0.2, 0.25) is 5.91 Å². The second kappa shape index (κ2) is 6.95. The summed E-state index contributed by atoms with van der Waals surface area (Å²) < 4.78 is 5.76. The predicted molar refractivity (Wildman–Crippen MR) is 67.5 cm³/mol. The molecule has 1 rings (SSSR count). The number of anilines is 1. The number of hydrogen-bond donors (Lipinski definition) is 2. The SMILES string of the molecule is COCCCC(N)C(=O)Nc1ncc(Br)s1. The Morgan fingerprint density at radius 3 is 3.12 bits per heavy atom. The van der Waals surface area contributed by atoms with E-state index in [0.717, 1.165) is 10.2 Å². The first-order chi connectivity index (χ1) is 7.63. The molecule has 5 nitrogen and oxygen atoms in total. The molecule has 16 heavy (non-hydrogen) atoms. The van der Waals surface area contributed by atoms with Gasteiger partial charge in [0, 0.05) is 13.7 Å². The minimum absolute atomic E-state index is 0.210. The van der Waals surface area contributed by atoms with Crippen LogP contribution in [0, 0.1) is 0 Å². The minimum Gasteiger partial charge on any atom is -0.385 e. The van der Waals surface area contributed by atoms with E-state index in [1.807, 2.05) is 0 Å². The Morgan fingerprint density at radius 1 is 1.81 bits per heavy atom. The molecule has 1 unspecified atom stereocenters. The fraction of sp³-hybridized carbons (Fsp3) is 0.556. The molecule has 1 amide bonds. The second-order valence-electron chi connectivity index (χ2n) is 3.20. The Hall–Kier alpha value is -0.500. The van der Waals surface area contributed by atoms with Crippen LogP contribution in [0.1, 0.15) is 12.8 Å². The van der Waals surface area contributed by atoms with E-state index in [1.165, 1.54) is 11.3 Å².